The molecule has 3 aromatic rings. The van der Waals surface area contributed by atoms with Crippen LogP contribution in [-0.4, -0.2) is 24.5 Å². The topological polar surface area (TPSA) is 63.2 Å². The lowest BCUT2D eigenvalue weighted by molar-refractivity contribution is -0.115. The lowest BCUT2D eigenvalue weighted by atomic mass is 10.1. The van der Waals surface area contributed by atoms with E-state index in [4.69, 9.17) is 4.74 Å². The van der Waals surface area contributed by atoms with Crippen molar-refractivity contribution < 1.29 is 9.53 Å². The van der Waals surface area contributed by atoms with E-state index in [1.807, 2.05) is 61.5 Å². The first-order chi connectivity index (χ1) is 13.7. The normalized spacial score (nSPS) is 10.4. The Kier molecular flexibility index (Phi) is 6.63. The third kappa shape index (κ3) is 5.33. The number of nitrogens with zero attached hydrogens (tertiary/aromatic N) is 1. The highest BCUT2D eigenvalue weighted by atomic mass is 16.5. The van der Waals surface area contributed by atoms with Crippen LogP contribution >= 0.6 is 0 Å². The lowest BCUT2D eigenvalue weighted by Gasteiger charge is -2.10. The number of carbonyl (C=O) groups excluding carboxylic acids is 1. The van der Waals surface area contributed by atoms with E-state index < -0.39 is 0 Å². The van der Waals surface area contributed by atoms with E-state index in [1.54, 1.807) is 13.3 Å². The third-order valence-corrected chi connectivity index (χ3v) is 4.55. The summed E-state index contributed by atoms with van der Waals surface area (Å²) in [5.74, 6) is 1.61. The second-order valence-electron chi connectivity index (χ2n) is 6.57. The zero-order valence-corrected chi connectivity index (χ0v) is 16.2. The van der Waals surface area contributed by atoms with Gasteiger partial charge >= 0.3 is 0 Å². The molecule has 0 atom stereocenters. The van der Waals surface area contributed by atoms with Crippen molar-refractivity contribution in [1.82, 2.24) is 4.98 Å². The Morgan fingerprint density at radius 1 is 1.00 bits per heavy atom. The summed E-state index contributed by atoms with van der Waals surface area (Å²) in [4.78, 5) is 16.6. The first kappa shape index (κ1) is 19.4. The fourth-order valence-electron chi connectivity index (χ4n) is 2.99. The highest BCUT2D eigenvalue weighted by Crippen LogP contribution is 2.18. The Hall–Kier alpha value is -3.34. The maximum Gasteiger partial charge on any atom is 0.228 e. The van der Waals surface area contributed by atoms with Gasteiger partial charge in [0.15, 0.2) is 0 Å². The first-order valence-corrected chi connectivity index (χ1v) is 9.32. The van der Waals surface area contributed by atoms with Crippen molar-refractivity contribution in [2.24, 2.45) is 0 Å². The Labute approximate surface area is 165 Å². The van der Waals surface area contributed by atoms with Crippen LogP contribution in [0, 0.1) is 6.92 Å². The number of carbonyl (C=O) groups is 1. The van der Waals surface area contributed by atoms with Crippen LogP contribution in [0.5, 0.6) is 5.75 Å². The second kappa shape index (κ2) is 9.55. The van der Waals surface area contributed by atoms with Gasteiger partial charge in [0.05, 0.1) is 25.4 Å². The quantitative estimate of drug-likeness (QED) is 0.618. The third-order valence-electron chi connectivity index (χ3n) is 4.55. The lowest BCUT2D eigenvalue weighted by Crippen LogP contribution is -2.15. The van der Waals surface area contributed by atoms with E-state index in [1.165, 1.54) is 0 Å². The minimum absolute atomic E-state index is 0.0482. The number of ether oxygens (including phenoxy) is 1. The molecular formula is C23H25N3O2. The Morgan fingerprint density at radius 3 is 2.46 bits per heavy atom. The predicted molar refractivity (Wildman–Crippen MR) is 113 cm³/mol. The van der Waals surface area contributed by atoms with Gasteiger partial charge in [-0.3, -0.25) is 4.79 Å². The number of amides is 1. The molecule has 5 heteroatoms. The van der Waals surface area contributed by atoms with Gasteiger partial charge in [0.2, 0.25) is 5.91 Å². The molecule has 0 radical (unpaired) electrons. The Morgan fingerprint density at radius 2 is 1.75 bits per heavy atom. The zero-order valence-electron chi connectivity index (χ0n) is 16.2. The zero-order chi connectivity index (χ0) is 19.8. The Bertz CT molecular complexity index is 923. The predicted octanol–water partition coefficient (Wildman–Crippen LogP) is 4.23. The van der Waals surface area contributed by atoms with Gasteiger partial charge in [0.1, 0.15) is 11.6 Å². The SMILES string of the molecule is COc1ccccc1CCNc1ccc(NC(=O)Cc2ccccc2C)cn1. The standard InChI is InChI=1S/C23H25N3O2/c1-17-7-3-4-9-19(17)15-23(27)26-20-11-12-22(25-16-20)24-14-13-18-8-5-6-10-21(18)28-2/h3-12,16H,13-15H2,1-2H3,(H,24,25)(H,26,27). The minimum atomic E-state index is -0.0482. The van der Waals surface area contributed by atoms with Crippen molar-refractivity contribution in [1.29, 1.82) is 0 Å². The fourth-order valence-corrected chi connectivity index (χ4v) is 2.99. The molecule has 0 saturated carbocycles. The van der Waals surface area contributed by atoms with Crippen LogP contribution in [-0.2, 0) is 17.6 Å². The molecule has 1 aromatic heterocycles. The molecule has 0 aliphatic carbocycles. The molecule has 3 rings (SSSR count). The monoisotopic (exact) mass is 375 g/mol. The number of pyridine rings is 1. The van der Waals surface area contributed by atoms with Crippen molar-refractivity contribution in [3.8, 4) is 5.75 Å². The molecule has 0 fully saturated rings. The number of nitrogens with one attached hydrogen (secondary N) is 2. The van der Waals surface area contributed by atoms with E-state index in [2.05, 4.69) is 21.7 Å². The van der Waals surface area contributed by atoms with Gasteiger partial charge in [-0.25, -0.2) is 4.98 Å². The molecule has 0 spiro atoms. The summed E-state index contributed by atoms with van der Waals surface area (Å²) >= 11 is 0. The number of anilines is 2. The van der Waals surface area contributed by atoms with Gasteiger partial charge in [0, 0.05) is 6.54 Å². The number of rotatable bonds is 8. The summed E-state index contributed by atoms with van der Waals surface area (Å²) in [6.45, 7) is 2.75. The number of aromatic nitrogens is 1. The van der Waals surface area contributed by atoms with E-state index in [0.29, 0.717) is 12.1 Å². The van der Waals surface area contributed by atoms with Crippen LogP contribution in [0.4, 0.5) is 11.5 Å². The van der Waals surface area contributed by atoms with Crippen molar-refractivity contribution in [3.05, 3.63) is 83.6 Å². The summed E-state index contributed by atoms with van der Waals surface area (Å²) in [7, 11) is 1.68. The molecule has 1 heterocycles. The van der Waals surface area contributed by atoms with Gasteiger partial charge in [-0.15, -0.1) is 0 Å². The molecule has 28 heavy (non-hydrogen) atoms. The van der Waals surface area contributed by atoms with Crippen LogP contribution < -0.4 is 15.4 Å². The van der Waals surface area contributed by atoms with Crippen LogP contribution in [0.15, 0.2) is 66.9 Å². The molecule has 0 saturated heterocycles. The number of aryl methyl sites for hydroxylation is 1. The van der Waals surface area contributed by atoms with Gasteiger partial charge in [0.25, 0.3) is 0 Å². The molecule has 0 aliphatic heterocycles. The van der Waals surface area contributed by atoms with E-state index in [0.717, 1.165) is 41.2 Å². The van der Waals surface area contributed by atoms with Crippen molar-refractivity contribution in [3.63, 3.8) is 0 Å². The number of para-hydroxylation sites is 1. The molecule has 0 bridgehead atoms. The molecule has 0 unspecified atom stereocenters. The minimum Gasteiger partial charge on any atom is -0.496 e. The number of methoxy groups -OCH3 is 1. The Balaban J connectivity index is 1.49. The summed E-state index contributed by atoms with van der Waals surface area (Å²) in [5.41, 5.74) is 3.99. The smallest absolute Gasteiger partial charge is 0.228 e. The summed E-state index contributed by atoms with van der Waals surface area (Å²) in [6.07, 6.45) is 2.85. The number of hydrogen-bond acceptors (Lipinski definition) is 4. The number of hydrogen-bond donors (Lipinski definition) is 2. The summed E-state index contributed by atoms with van der Waals surface area (Å²) in [6, 6.07) is 19.6. The van der Waals surface area contributed by atoms with Crippen LogP contribution in [0.25, 0.3) is 0 Å². The molecule has 1 amide bonds. The van der Waals surface area contributed by atoms with Crippen molar-refractivity contribution in [2.75, 3.05) is 24.3 Å². The average Bonchev–Trinajstić information content (AvgIpc) is 2.71. The molecular weight excluding hydrogens is 350 g/mol. The van der Waals surface area contributed by atoms with Crippen LogP contribution in [0.1, 0.15) is 16.7 Å². The molecule has 5 nitrogen and oxygen atoms in total. The summed E-state index contributed by atoms with van der Waals surface area (Å²) < 4.78 is 5.37. The van der Waals surface area contributed by atoms with E-state index in [-0.39, 0.29) is 5.91 Å². The average molecular weight is 375 g/mol. The van der Waals surface area contributed by atoms with Crippen molar-refractivity contribution >= 4 is 17.4 Å². The highest BCUT2D eigenvalue weighted by Gasteiger charge is 2.07. The van der Waals surface area contributed by atoms with Gasteiger partial charge in [-0.1, -0.05) is 42.5 Å². The largest absolute Gasteiger partial charge is 0.496 e. The fraction of sp³-hybridized carbons (Fsp3) is 0.217. The molecule has 144 valence electrons. The van der Waals surface area contributed by atoms with Gasteiger partial charge in [-0.2, -0.15) is 0 Å². The second-order valence-corrected chi connectivity index (χ2v) is 6.57. The van der Waals surface area contributed by atoms with Gasteiger partial charge in [-0.05, 0) is 48.2 Å². The van der Waals surface area contributed by atoms with E-state index in [9.17, 15) is 4.79 Å². The molecule has 2 aromatic carbocycles. The molecule has 2 N–H and O–H groups in total. The summed E-state index contributed by atoms with van der Waals surface area (Å²) in [5, 5.41) is 6.19. The van der Waals surface area contributed by atoms with Crippen molar-refractivity contribution in [2.45, 2.75) is 19.8 Å². The maximum atomic E-state index is 12.2. The maximum absolute atomic E-state index is 12.2. The first-order valence-electron chi connectivity index (χ1n) is 9.32. The number of benzene rings is 2. The van der Waals surface area contributed by atoms with Gasteiger partial charge < -0.3 is 15.4 Å². The van der Waals surface area contributed by atoms with Crippen LogP contribution in [0.2, 0.25) is 0 Å². The van der Waals surface area contributed by atoms with Crippen LogP contribution in [0.3, 0.4) is 0 Å². The molecule has 0 aliphatic rings. The van der Waals surface area contributed by atoms with E-state index >= 15 is 0 Å². The highest BCUT2D eigenvalue weighted by molar-refractivity contribution is 5.92.